The molecule has 0 radical (unpaired) electrons. The molecule has 0 saturated carbocycles. The van der Waals surface area contributed by atoms with Crippen LogP contribution in [0.15, 0.2) is 47.4 Å². The van der Waals surface area contributed by atoms with Crippen LogP contribution < -0.4 is 4.31 Å². The van der Waals surface area contributed by atoms with Crippen molar-refractivity contribution >= 4 is 60.4 Å². The van der Waals surface area contributed by atoms with Gasteiger partial charge in [0.25, 0.3) is 10.0 Å². The highest BCUT2D eigenvalue weighted by molar-refractivity contribution is 7.93. The smallest absolute Gasteiger partial charge is 0.264 e. The first-order valence-electron chi connectivity index (χ1n) is 11.1. The Labute approximate surface area is 217 Å². The summed E-state index contributed by atoms with van der Waals surface area (Å²) < 4.78 is 52.2. The average Bonchev–Trinajstić information content (AvgIpc) is 3.16. The van der Waals surface area contributed by atoms with Crippen molar-refractivity contribution < 1.29 is 16.8 Å². The molecule has 34 heavy (non-hydrogen) atoms. The van der Waals surface area contributed by atoms with E-state index >= 15 is 0 Å². The molecule has 2 atom stereocenters. The zero-order valence-corrected chi connectivity index (χ0v) is 23.0. The third-order valence-corrected chi connectivity index (χ3v) is 9.72. The second-order valence-electron chi connectivity index (χ2n) is 8.77. The van der Waals surface area contributed by atoms with Crippen molar-refractivity contribution in [2.45, 2.75) is 49.6 Å². The van der Waals surface area contributed by atoms with E-state index in [1.807, 2.05) is 6.92 Å². The van der Waals surface area contributed by atoms with Crippen LogP contribution in [-0.2, 0) is 19.9 Å². The number of nitrogens with zero attached hydrogens (tertiary/aromatic N) is 2. The van der Waals surface area contributed by atoms with Gasteiger partial charge in [0.15, 0.2) is 0 Å². The van der Waals surface area contributed by atoms with E-state index in [0.29, 0.717) is 35.1 Å². The summed E-state index contributed by atoms with van der Waals surface area (Å²) in [5.74, 6) is 0.151. The second kappa shape index (κ2) is 11.4. The molecule has 0 aromatic heterocycles. The monoisotopic (exact) mass is 566 g/mol. The maximum Gasteiger partial charge on any atom is 0.264 e. The van der Waals surface area contributed by atoms with Crippen molar-refractivity contribution in [2.24, 2.45) is 0 Å². The zero-order valence-electron chi connectivity index (χ0n) is 19.1. The van der Waals surface area contributed by atoms with Gasteiger partial charge in [-0.2, -0.15) is 0 Å². The van der Waals surface area contributed by atoms with Crippen LogP contribution in [0, 0.1) is 0 Å². The molecule has 6 nitrogen and oxygen atoms in total. The fraction of sp³-hybridized carbons (Fsp3) is 0.478. The lowest BCUT2D eigenvalue weighted by Crippen LogP contribution is -2.40. The van der Waals surface area contributed by atoms with Crippen LogP contribution in [0.2, 0.25) is 15.1 Å². The standard InChI is InChI=1S/C23H29Cl3N2O4S2/c1-17(5-3-13-27-14-4-6-20(27)16-33(2,29)30)28(23-15-19(25)9-12-22(23)26)34(31,32)21-10-7-18(24)8-11-21/h7-12,15,17,20H,3-6,13-14,16H2,1-2H3/t17-,20-/m1/s1. The highest BCUT2D eigenvalue weighted by Gasteiger charge is 2.32. The van der Waals surface area contributed by atoms with E-state index in [-0.39, 0.29) is 21.7 Å². The van der Waals surface area contributed by atoms with Crippen LogP contribution in [-0.4, -0.2) is 58.9 Å². The van der Waals surface area contributed by atoms with Gasteiger partial charge in [0, 0.05) is 28.4 Å². The molecule has 0 amide bonds. The van der Waals surface area contributed by atoms with Gasteiger partial charge in [-0.15, -0.1) is 0 Å². The quantitative estimate of drug-likeness (QED) is 0.378. The van der Waals surface area contributed by atoms with Crippen LogP contribution in [0.4, 0.5) is 5.69 Å². The lowest BCUT2D eigenvalue weighted by Gasteiger charge is -2.32. The lowest BCUT2D eigenvalue weighted by atomic mass is 10.1. The molecule has 1 fully saturated rings. The number of sulfonamides is 1. The fourth-order valence-corrected chi connectivity index (χ4v) is 7.74. The first-order valence-corrected chi connectivity index (χ1v) is 15.7. The number of rotatable bonds is 10. The van der Waals surface area contributed by atoms with Crippen molar-refractivity contribution in [3.8, 4) is 0 Å². The summed E-state index contributed by atoms with van der Waals surface area (Å²) in [6.07, 6.45) is 4.34. The number of anilines is 1. The van der Waals surface area contributed by atoms with Crippen molar-refractivity contribution in [2.75, 3.05) is 29.4 Å². The maximum atomic E-state index is 13.7. The van der Waals surface area contributed by atoms with E-state index in [9.17, 15) is 16.8 Å². The van der Waals surface area contributed by atoms with Gasteiger partial charge in [-0.25, -0.2) is 16.8 Å². The van der Waals surface area contributed by atoms with Crippen molar-refractivity contribution in [1.29, 1.82) is 0 Å². The normalized spacial score (nSPS) is 18.2. The molecule has 0 aliphatic carbocycles. The lowest BCUT2D eigenvalue weighted by molar-refractivity contribution is 0.262. The molecule has 0 bridgehead atoms. The molecule has 1 heterocycles. The minimum absolute atomic E-state index is 0.0154. The van der Waals surface area contributed by atoms with Gasteiger partial charge in [-0.1, -0.05) is 34.8 Å². The highest BCUT2D eigenvalue weighted by atomic mass is 35.5. The molecular formula is C23H29Cl3N2O4S2. The van der Waals surface area contributed by atoms with Gasteiger partial charge < -0.3 is 0 Å². The third-order valence-electron chi connectivity index (χ3n) is 5.98. The Hall–Kier alpha value is -1.03. The Morgan fingerprint density at radius 2 is 1.68 bits per heavy atom. The van der Waals surface area contributed by atoms with E-state index < -0.39 is 25.9 Å². The number of hydrogen-bond acceptors (Lipinski definition) is 5. The van der Waals surface area contributed by atoms with Crippen LogP contribution >= 0.6 is 34.8 Å². The minimum atomic E-state index is -3.95. The molecule has 2 aromatic rings. The summed E-state index contributed by atoms with van der Waals surface area (Å²) in [4.78, 5) is 2.30. The summed E-state index contributed by atoms with van der Waals surface area (Å²) in [5, 5.41) is 1.10. The Kier molecular flexibility index (Phi) is 9.20. The molecule has 1 aliphatic rings. The molecule has 11 heteroatoms. The molecule has 0 spiro atoms. The van der Waals surface area contributed by atoms with Crippen molar-refractivity contribution in [3.05, 3.63) is 57.5 Å². The molecule has 0 N–H and O–H groups in total. The van der Waals surface area contributed by atoms with E-state index in [0.717, 1.165) is 19.4 Å². The van der Waals surface area contributed by atoms with E-state index in [1.54, 1.807) is 18.2 Å². The Morgan fingerprint density at radius 1 is 1.03 bits per heavy atom. The summed E-state index contributed by atoms with van der Waals surface area (Å²) in [5.41, 5.74) is 0.313. The van der Waals surface area contributed by atoms with Gasteiger partial charge >= 0.3 is 0 Å². The number of likely N-dealkylation sites (tertiary alicyclic amines) is 1. The summed E-state index contributed by atoms with van der Waals surface area (Å²) in [6, 6.07) is 10.3. The van der Waals surface area contributed by atoms with Gasteiger partial charge in [0.2, 0.25) is 0 Å². The second-order valence-corrected chi connectivity index (χ2v) is 14.0. The number of sulfone groups is 1. The van der Waals surface area contributed by atoms with E-state index in [1.165, 1.54) is 34.8 Å². The largest absolute Gasteiger partial charge is 0.299 e. The predicted molar refractivity (Wildman–Crippen MR) is 141 cm³/mol. The van der Waals surface area contributed by atoms with Gasteiger partial charge in [-0.3, -0.25) is 9.21 Å². The maximum absolute atomic E-state index is 13.7. The minimum Gasteiger partial charge on any atom is -0.299 e. The van der Waals surface area contributed by atoms with Crippen LogP contribution in [0.25, 0.3) is 0 Å². The number of hydrogen-bond donors (Lipinski definition) is 0. The third kappa shape index (κ3) is 7.02. The Balaban J connectivity index is 1.82. The number of halogens is 3. The van der Waals surface area contributed by atoms with Crippen molar-refractivity contribution in [1.82, 2.24) is 4.90 Å². The molecule has 0 unspecified atom stereocenters. The average molecular weight is 568 g/mol. The molecule has 3 rings (SSSR count). The zero-order chi connectivity index (χ0) is 25.1. The highest BCUT2D eigenvalue weighted by Crippen LogP contribution is 2.35. The molecular weight excluding hydrogens is 539 g/mol. The molecule has 1 aliphatic heterocycles. The number of benzene rings is 2. The first kappa shape index (κ1) is 27.6. The van der Waals surface area contributed by atoms with Crippen LogP contribution in [0.3, 0.4) is 0 Å². The SMILES string of the molecule is C[C@H](CCCN1CCC[C@@H]1CS(C)(=O)=O)N(c1cc(Cl)ccc1Cl)S(=O)(=O)c1ccc(Cl)cc1. The Bertz CT molecular complexity index is 1210. The van der Waals surface area contributed by atoms with Crippen molar-refractivity contribution in [3.63, 3.8) is 0 Å². The van der Waals surface area contributed by atoms with Gasteiger partial charge in [0.1, 0.15) is 9.84 Å². The summed E-state index contributed by atoms with van der Waals surface area (Å²) in [7, 11) is -7.01. The molecule has 2 aromatic carbocycles. The summed E-state index contributed by atoms with van der Waals surface area (Å²) in [6.45, 7) is 3.38. The topological polar surface area (TPSA) is 74.8 Å². The Morgan fingerprint density at radius 3 is 2.32 bits per heavy atom. The molecule has 1 saturated heterocycles. The van der Waals surface area contributed by atoms with E-state index in [2.05, 4.69) is 4.90 Å². The molecule has 188 valence electrons. The van der Waals surface area contributed by atoms with Crippen LogP contribution in [0.1, 0.15) is 32.6 Å². The van der Waals surface area contributed by atoms with Gasteiger partial charge in [0.05, 0.1) is 21.4 Å². The first-order chi connectivity index (χ1) is 15.9. The van der Waals surface area contributed by atoms with E-state index in [4.69, 9.17) is 34.8 Å². The predicted octanol–water partition coefficient (Wildman–Crippen LogP) is 5.52. The van der Waals surface area contributed by atoms with Crippen LogP contribution in [0.5, 0.6) is 0 Å². The van der Waals surface area contributed by atoms with Gasteiger partial charge in [-0.05, 0) is 88.2 Å². The summed E-state index contributed by atoms with van der Waals surface area (Å²) >= 11 is 18.6. The fourth-order valence-electron chi connectivity index (χ4n) is 4.41.